The first kappa shape index (κ1) is 20.7. The third kappa shape index (κ3) is 5.93. The normalized spacial score (nSPS) is 30.4. The van der Waals surface area contributed by atoms with Gasteiger partial charge in [-0.2, -0.15) is 0 Å². The monoisotopic (exact) mass is 352 g/mol. The van der Waals surface area contributed by atoms with Crippen molar-refractivity contribution in [1.82, 2.24) is 10.2 Å². The van der Waals surface area contributed by atoms with E-state index in [2.05, 4.69) is 24.1 Å². The zero-order valence-corrected chi connectivity index (χ0v) is 16.7. The zero-order valence-electron chi connectivity index (χ0n) is 16.7. The molecule has 145 valence electrons. The van der Waals surface area contributed by atoms with Crippen LogP contribution in [0.15, 0.2) is 0 Å². The lowest BCUT2D eigenvalue weighted by atomic mass is 9.74. The molecular weight excluding hydrogens is 314 g/mol. The summed E-state index contributed by atoms with van der Waals surface area (Å²) in [4.78, 5) is 14.6. The van der Waals surface area contributed by atoms with Crippen molar-refractivity contribution in [2.45, 2.75) is 77.8 Å². The minimum Gasteiger partial charge on any atom is -0.466 e. The first-order valence-corrected chi connectivity index (χ1v) is 9.97. The molecule has 1 saturated heterocycles. The van der Waals surface area contributed by atoms with E-state index in [1.807, 2.05) is 13.8 Å². The predicted octanol–water partition coefficient (Wildman–Crippen LogP) is 2.50. The van der Waals surface area contributed by atoms with Gasteiger partial charge >= 0.3 is 5.97 Å². The maximum atomic E-state index is 12.1. The van der Waals surface area contributed by atoms with E-state index in [1.54, 1.807) is 0 Å². The molecule has 3 N–H and O–H groups in total. The number of likely N-dealkylation sites (tertiary alicyclic amines) is 1. The van der Waals surface area contributed by atoms with Crippen LogP contribution in [0.4, 0.5) is 0 Å². The molecular formula is C20H38N3O2. The fraction of sp³-hybridized carbons (Fsp3) is 0.900. The number of hydrogen-bond acceptors (Lipinski definition) is 5. The summed E-state index contributed by atoms with van der Waals surface area (Å²) in [7, 11) is 0. The minimum absolute atomic E-state index is 0.0286. The van der Waals surface area contributed by atoms with Gasteiger partial charge in [-0.15, -0.1) is 0 Å². The average molecular weight is 353 g/mol. The Morgan fingerprint density at radius 3 is 2.32 bits per heavy atom. The van der Waals surface area contributed by atoms with Crippen molar-refractivity contribution in [2.75, 3.05) is 32.8 Å². The van der Waals surface area contributed by atoms with E-state index >= 15 is 0 Å². The number of rotatable bonds is 7. The van der Waals surface area contributed by atoms with Crippen molar-refractivity contribution >= 4 is 5.97 Å². The van der Waals surface area contributed by atoms with Gasteiger partial charge in [0.2, 0.25) is 0 Å². The molecule has 1 aliphatic carbocycles. The van der Waals surface area contributed by atoms with Crippen molar-refractivity contribution in [3.8, 4) is 0 Å². The van der Waals surface area contributed by atoms with Gasteiger partial charge in [0.25, 0.3) is 0 Å². The van der Waals surface area contributed by atoms with E-state index in [0.717, 1.165) is 64.7 Å². The van der Waals surface area contributed by atoms with Crippen LogP contribution in [-0.4, -0.2) is 55.2 Å². The van der Waals surface area contributed by atoms with Crippen LogP contribution >= 0.6 is 0 Å². The van der Waals surface area contributed by atoms with Crippen molar-refractivity contribution < 1.29 is 9.53 Å². The number of nitrogens with two attached hydrogens (primary N) is 1. The van der Waals surface area contributed by atoms with E-state index in [-0.39, 0.29) is 16.9 Å². The summed E-state index contributed by atoms with van der Waals surface area (Å²) in [6, 6.07) is 0.479. The number of piperidine rings is 1. The first-order chi connectivity index (χ1) is 11.8. The lowest BCUT2D eigenvalue weighted by Gasteiger charge is -2.42. The number of carbonyl (C=O) groups is 1. The SMILES string of the molecule is CCOC(=O)C1(C)CCC(NCC2(N)CCN(C[C](C)C)CC2)CC1. The molecule has 1 heterocycles. The summed E-state index contributed by atoms with van der Waals surface area (Å²) >= 11 is 0. The lowest BCUT2D eigenvalue weighted by molar-refractivity contribution is -0.156. The standard InChI is InChI=1S/C20H38N3O2/c1-5-25-18(24)19(4)8-6-17(7-9-19)22-15-20(21)10-12-23(13-11-20)14-16(2)3/h17,22H,5-15,21H2,1-4H3. The van der Waals surface area contributed by atoms with Gasteiger partial charge in [0.15, 0.2) is 0 Å². The van der Waals surface area contributed by atoms with Gasteiger partial charge in [-0.25, -0.2) is 0 Å². The smallest absolute Gasteiger partial charge is 0.311 e. The second kappa shape index (κ2) is 8.83. The molecule has 1 saturated carbocycles. The maximum Gasteiger partial charge on any atom is 0.311 e. The van der Waals surface area contributed by atoms with Gasteiger partial charge < -0.3 is 20.7 Å². The summed E-state index contributed by atoms with van der Waals surface area (Å²) in [6.45, 7) is 12.9. The summed E-state index contributed by atoms with van der Waals surface area (Å²) in [5, 5.41) is 3.70. The molecule has 2 fully saturated rings. The molecule has 0 aromatic rings. The summed E-state index contributed by atoms with van der Waals surface area (Å²) in [5.74, 6) is 1.44. The van der Waals surface area contributed by atoms with Crippen LogP contribution in [0.25, 0.3) is 0 Å². The molecule has 2 aliphatic rings. The van der Waals surface area contributed by atoms with E-state index < -0.39 is 0 Å². The van der Waals surface area contributed by atoms with Crippen LogP contribution < -0.4 is 11.1 Å². The van der Waals surface area contributed by atoms with Crippen LogP contribution in [0.5, 0.6) is 0 Å². The van der Waals surface area contributed by atoms with E-state index in [1.165, 1.54) is 5.92 Å². The Labute approximate surface area is 154 Å². The summed E-state index contributed by atoms with van der Waals surface area (Å²) < 4.78 is 5.24. The number of hydrogen-bond donors (Lipinski definition) is 2. The Morgan fingerprint density at radius 2 is 1.80 bits per heavy atom. The molecule has 0 atom stereocenters. The number of nitrogens with one attached hydrogen (secondary N) is 1. The van der Waals surface area contributed by atoms with Crippen LogP contribution in [0, 0.1) is 11.3 Å². The summed E-state index contributed by atoms with van der Waals surface area (Å²) in [6.07, 6.45) is 5.98. The van der Waals surface area contributed by atoms with Gasteiger partial charge in [0.05, 0.1) is 12.0 Å². The molecule has 0 spiro atoms. The Morgan fingerprint density at radius 1 is 1.20 bits per heavy atom. The number of ether oxygens (including phenoxy) is 1. The van der Waals surface area contributed by atoms with Crippen molar-refractivity contribution in [3.63, 3.8) is 0 Å². The summed E-state index contributed by atoms with van der Waals surface area (Å²) in [5.41, 5.74) is 6.26. The van der Waals surface area contributed by atoms with Crippen LogP contribution in [0.2, 0.25) is 0 Å². The molecule has 0 amide bonds. The van der Waals surface area contributed by atoms with E-state index in [0.29, 0.717) is 12.6 Å². The van der Waals surface area contributed by atoms with Crippen molar-refractivity contribution in [1.29, 1.82) is 0 Å². The highest BCUT2D eigenvalue weighted by Crippen LogP contribution is 2.37. The second-order valence-corrected chi connectivity index (χ2v) is 8.78. The highest BCUT2D eigenvalue weighted by atomic mass is 16.5. The number of carbonyl (C=O) groups excluding carboxylic acids is 1. The molecule has 1 aliphatic heterocycles. The first-order valence-electron chi connectivity index (χ1n) is 9.97. The van der Waals surface area contributed by atoms with Crippen LogP contribution in [0.3, 0.4) is 0 Å². The average Bonchev–Trinajstić information content (AvgIpc) is 2.57. The molecule has 5 nitrogen and oxygen atoms in total. The Hall–Kier alpha value is -0.650. The van der Waals surface area contributed by atoms with Gasteiger partial charge in [0, 0.05) is 24.7 Å². The van der Waals surface area contributed by atoms with Gasteiger partial charge in [-0.3, -0.25) is 4.79 Å². The molecule has 0 aromatic carbocycles. The number of nitrogens with zero attached hydrogens (tertiary/aromatic N) is 1. The third-order valence-corrected chi connectivity index (χ3v) is 5.99. The topological polar surface area (TPSA) is 67.6 Å². The quantitative estimate of drug-likeness (QED) is 0.689. The van der Waals surface area contributed by atoms with E-state index in [4.69, 9.17) is 10.5 Å². The molecule has 1 radical (unpaired) electrons. The Kier molecular flexibility index (Phi) is 7.29. The maximum absolute atomic E-state index is 12.1. The predicted molar refractivity (Wildman–Crippen MR) is 102 cm³/mol. The van der Waals surface area contributed by atoms with Crippen LogP contribution in [0.1, 0.15) is 66.2 Å². The van der Waals surface area contributed by atoms with Crippen LogP contribution in [-0.2, 0) is 9.53 Å². The molecule has 0 bridgehead atoms. The lowest BCUT2D eigenvalue weighted by Crippen LogP contribution is -2.57. The van der Waals surface area contributed by atoms with Crippen molar-refractivity contribution in [3.05, 3.63) is 5.92 Å². The highest BCUT2D eigenvalue weighted by Gasteiger charge is 2.39. The largest absolute Gasteiger partial charge is 0.466 e. The van der Waals surface area contributed by atoms with Gasteiger partial charge in [-0.1, -0.05) is 13.8 Å². The molecule has 2 rings (SSSR count). The van der Waals surface area contributed by atoms with Crippen molar-refractivity contribution in [2.24, 2.45) is 11.1 Å². The van der Waals surface area contributed by atoms with Gasteiger partial charge in [0.1, 0.15) is 0 Å². The number of esters is 1. The zero-order chi connectivity index (χ0) is 18.5. The fourth-order valence-electron chi connectivity index (χ4n) is 4.10. The molecule has 0 aromatic heterocycles. The highest BCUT2D eigenvalue weighted by molar-refractivity contribution is 5.76. The fourth-order valence-corrected chi connectivity index (χ4v) is 4.10. The van der Waals surface area contributed by atoms with Gasteiger partial charge in [-0.05, 0) is 71.4 Å². The van der Waals surface area contributed by atoms with E-state index in [9.17, 15) is 4.79 Å². The second-order valence-electron chi connectivity index (χ2n) is 8.78. The Bertz CT molecular complexity index is 423. The Balaban J connectivity index is 1.71. The third-order valence-electron chi connectivity index (χ3n) is 5.99. The molecule has 5 heteroatoms. The molecule has 0 unspecified atom stereocenters. The minimum atomic E-state index is -0.297. The molecule has 25 heavy (non-hydrogen) atoms.